The quantitative estimate of drug-likeness (QED) is 0.0687. The maximum atomic E-state index is 12.0. The Morgan fingerprint density at radius 2 is 1.47 bits per heavy atom. The van der Waals surface area contributed by atoms with E-state index in [1.807, 2.05) is 0 Å². The summed E-state index contributed by atoms with van der Waals surface area (Å²) < 4.78 is 39.0. The molecule has 0 aromatic heterocycles. The molecule has 0 radical (unpaired) electrons. The van der Waals surface area contributed by atoms with Crippen molar-refractivity contribution in [1.82, 2.24) is 0 Å². The second kappa shape index (κ2) is 13.9. The summed E-state index contributed by atoms with van der Waals surface area (Å²) >= 11 is 0. The van der Waals surface area contributed by atoms with Gasteiger partial charge in [-0.2, -0.15) is 9.81 Å². The number of rotatable bonds is 10. The molecule has 14 atom stereocenters. The lowest BCUT2D eigenvalue weighted by molar-refractivity contribution is -0.331. The van der Waals surface area contributed by atoms with Gasteiger partial charge in [0.05, 0.1) is 38.6 Å². The molecule has 3 aliphatic rings. The third-order valence-corrected chi connectivity index (χ3v) is 7.92. The Labute approximate surface area is 216 Å². The van der Waals surface area contributed by atoms with Crippen LogP contribution in [-0.4, -0.2) is 158 Å². The van der Waals surface area contributed by atoms with E-state index in [0.29, 0.717) is 5.55 Å². The van der Waals surface area contributed by atoms with Gasteiger partial charge in [0.1, 0.15) is 48.8 Å². The predicted molar refractivity (Wildman–Crippen MR) is 122 cm³/mol. The average molecular weight is 576 g/mol. The van der Waals surface area contributed by atoms with E-state index in [0.717, 1.165) is 0 Å². The van der Waals surface area contributed by atoms with Gasteiger partial charge in [0, 0.05) is 0 Å². The standard InChI is InChI=1S/C19H31N2O16S/c22-1-7-10(20-30)16(37-18-11(21-31)14(28)12(26)8(2-23)36-18)15(29)19(35-7)34-4-9-13(27)17(38(32)5-24)6(25)3-33-9/h5-19,22-29H,1-4H2/q-1. The number of ether oxygens (including phenoxy) is 5. The van der Waals surface area contributed by atoms with Gasteiger partial charge in [-0.3, -0.25) is 0 Å². The van der Waals surface area contributed by atoms with E-state index >= 15 is 0 Å². The van der Waals surface area contributed by atoms with Crippen LogP contribution in [0, 0.1) is 9.81 Å². The Morgan fingerprint density at radius 3 is 2.05 bits per heavy atom. The van der Waals surface area contributed by atoms with Crippen LogP contribution in [0.15, 0.2) is 10.4 Å². The van der Waals surface area contributed by atoms with Crippen LogP contribution in [0.1, 0.15) is 0 Å². The maximum Gasteiger partial charge on any atom is 0.187 e. The second-order valence-electron chi connectivity index (χ2n) is 8.88. The Balaban J connectivity index is 1.76. The molecule has 3 heterocycles. The molecule has 0 aromatic rings. The van der Waals surface area contributed by atoms with E-state index in [1.54, 1.807) is 0 Å². The molecule has 18 nitrogen and oxygen atoms in total. The maximum absolute atomic E-state index is 12.0. The molecule has 3 saturated heterocycles. The lowest BCUT2D eigenvalue weighted by atomic mass is 9.95. The highest BCUT2D eigenvalue weighted by molar-refractivity contribution is 7.84. The molecule has 3 aliphatic heterocycles. The zero-order valence-corrected chi connectivity index (χ0v) is 20.5. The number of aliphatic hydroxyl groups excluding tert-OH is 8. The topological polar surface area (TPSA) is 284 Å². The highest BCUT2D eigenvalue weighted by Gasteiger charge is 2.53. The van der Waals surface area contributed by atoms with E-state index in [9.17, 15) is 49.8 Å². The van der Waals surface area contributed by atoms with Gasteiger partial charge >= 0.3 is 0 Å². The van der Waals surface area contributed by atoms with Crippen molar-refractivity contribution in [2.75, 3.05) is 26.4 Å². The monoisotopic (exact) mass is 575 g/mol. The van der Waals surface area contributed by atoms with E-state index in [2.05, 4.69) is 10.4 Å². The molecule has 8 N–H and O–H groups in total. The minimum atomic E-state index is -2.14. The summed E-state index contributed by atoms with van der Waals surface area (Å²) in [5.41, 5.74) is 0.306. The summed E-state index contributed by atoms with van der Waals surface area (Å²) in [6.45, 7) is -2.51. The van der Waals surface area contributed by atoms with Crippen LogP contribution in [0.2, 0.25) is 0 Å². The van der Waals surface area contributed by atoms with Crippen LogP contribution in [0.5, 0.6) is 0 Å². The first-order valence-electron chi connectivity index (χ1n) is 11.5. The van der Waals surface area contributed by atoms with Crippen LogP contribution < -0.4 is 0 Å². The van der Waals surface area contributed by atoms with Crippen LogP contribution in [0.4, 0.5) is 0 Å². The summed E-state index contributed by atoms with van der Waals surface area (Å²) in [5.74, 6) is 0. The third kappa shape index (κ3) is 6.36. The summed E-state index contributed by atoms with van der Waals surface area (Å²) in [6.07, 6.45) is -17.5. The number of hydrogen-bond donors (Lipinski definition) is 8. The van der Waals surface area contributed by atoms with Crippen molar-refractivity contribution >= 4 is 15.9 Å². The minimum Gasteiger partial charge on any atom is -0.459 e. The summed E-state index contributed by atoms with van der Waals surface area (Å²) in [6, 6.07) is -3.35. The van der Waals surface area contributed by atoms with Crippen LogP contribution in [0.25, 0.3) is 0 Å². The van der Waals surface area contributed by atoms with Gasteiger partial charge in [0.15, 0.2) is 18.6 Å². The highest BCUT2D eigenvalue weighted by atomic mass is 32.2. The van der Waals surface area contributed by atoms with Crippen molar-refractivity contribution in [3.63, 3.8) is 0 Å². The summed E-state index contributed by atoms with van der Waals surface area (Å²) in [7, 11) is -2.14. The molecular weight excluding hydrogens is 544 g/mol. The van der Waals surface area contributed by atoms with Gasteiger partial charge in [-0.15, -0.1) is 0 Å². The molecule has 38 heavy (non-hydrogen) atoms. The zero-order chi connectivity index (χ0) is 28.1. The number of hydrogen-bond acceptors (Lipinski definition) is 18. The Bertz CT molecular complexity index is 878. The molecule has 3 rings (SSSR count). The van der Waals surface area contributed by atoms with Gasteiger partial charge in [0.25, 0.3) is 0 Å². The van der Waals surface area contributed by atoms with E-state index in [1.165, 1.54) is 0 Å². The van der Waals surface area contributed by atoms with Crippen molar-refractivity contribution in [2.45, 2.75) is 84.8 Å². The van der Waals surface area contributed by atoms with Crippen molar-refractivity contribution in [3.8, 4) is 0 Å². The molecular formula is C19H31N2O16S-. The molecule has 0 saturated carbocycles. The van der Waals surface area contributed by atoms with Crippen molar-refractivity contribution in [3.05, 3.63) is 9.81 Å². The molecule has 19 heteroatoms. The van der Waals surface area contributed by atoms with E-state index in [4.69, 9.17) is 28.8 Å². The van der Waals surface area contributed by atoms with Crippen LogP contribution in [-0.2, 0) is 38.3 Å². The minimum absolute atomic E-state index is 0.306. The van der Waals surface area contributed by atoms with Gasteiger partial charge in [-0.25, -0.2) is 10.4 Å². The normalized spacial score (nSPS) is 46.9. The Hall–Kier alpha value is -1.30. The Morgan fingerprint density at radius 1 is 0.842 bits per heavy atom. The molecule has 0 amide bonds. The van der Waals surface area contributed by atoms with Crippen molar-refractivity contribution in [1.29, 1.82) is 0 Å². The number of nitrogens with zero attached hydrogens (tertiary/aromatic N) is 2. The third-order valence-electron chi connectivity index (χ3n) is 6.58. The fourth-order valence-corrected chi connectivity index (χ4v) is 5.46. The Kier molecular flexibility index (Phi) is 11.4. The lowest BCUT2D eigenvalue weighted by Gasteiger charge is -2.45. The molecule has 3 fully saturated rings. The zero-order valence-electron chi connectivity index (χ0n) is 19.6. The van der Waals surface area contributed by atoms with E-state index < -0.39 is 115 Å². The summed E-state index contributed by atoms with van der Waals surface area (Å²) in [4.78, 5) is 22.9. The van der Waals surface area contributed by atoms with Crippen molar-refractivity contribution in [2.24, 2.45) is 10.4 Å². The lowest BCUT2D eigenvalue weighted by Crippen LogP contribution is -2.64. The van der Waals surface area contributed by atoms with Gasteiger partial charge in [-0.05, 0) is 5.25 Å². The fourth-order valence-electron chi connectivity index (χ4n) is 4.48. The first kappa shape index (κ1) is 31.2. The molecule has 0 aromatic carbocycles. The molecule has 0 spiro atoms. The molecule has 14 unspecified atom stereocenters. The number of nitroso groups, excluding NO2 is 2. The number of aliphatic hydroxyl groups is 8. The SMILES string of the molecule is O=NC1C(OC2C(O)C(OCC3OCC(O)C([S-](=O)=CO)C3O)OC(CO)C2N=O)OC(CO)C(O)C1O. The smallest absolute Gasteiger partial charge is 0.187 e. The molecule has 220 valence electrons. The van der Waals surface area contributed by atoms with Crippen LogP contribution in [0.3, 0.4) is 0 Å². The largest absolute Gasteiger partial charge is 0.459 e. The summed E-state index contributed by atoms with van der Waals surface area (Å²) in [5, 5.41) is 83.7. The molecule has 0 aliphatic carbocycles. The van der Waals surface area contributed by atoms with E-state index in [-0.39, 0.29) is 6.61 Å². The van der Waals surface area contributed by atoms with Gasteiger partial charge in [-0.1, -0.05) is 15.9 Å². The van der Waals surface area contributed by atoms with Gasteiger partial charge in [0.2, 0.25) is 0 Å². The van der Waals surface area contributed by atoms with Crippen molar-refractivity contribution < 1.29 is 68.7 Å². The second-order valence-corrected chi connectivity index (χ2v) is 10.3. The highest BCUT2D eigenvalue weighted by Crippen LogP contribution is 2.32. The van der Waals surface area contributed by atoms with Gasteiger partial charge < -0.3 is 68.7 Å². The molecule has 0 bridgehead atoms. The first-order valence-corrected chi connectivity index (χ1v) is 12.7. The predicted octanol–water partition coefficient (Wildman–Crippen LogP) is -5.05. The average Bonchev–Trinajstić information content (AvgIpc) is 2.91. The first-order chi connectivity index (χ1) is 18.1. The van der Waals surface area contributed by atoms with Crippen LogP contribution >= 0.6 is 0 Å². The fraction of sp³-hybridized carbons (Fsp3) is 0.947.